The van der Waals surface area contributed by atoms with Gasteiger partial charge in [0.1, 0.15) is 22.2 Å². The monoisotopic (exact) mass is 418 g/mol. The highest BCUT2D eigenvalue weighted by atomic mass is 32.1. The predicted octanol–water partition coefficient (Wildman–Crippen LogP) is 5.82. The van der Waals surface area contributed by atoms with Crippen molar-refractivity contribution < 1.29 is 6.22 Å². The largest absolute Gasteiger partial charge is 0.344 e. The molecule has 2 aromatic heterocycles. The van der Waals surface area contributed by atoms with Gasteiger partial charge in [0, 0.05) is 25.1 Å². The summed E-state index contributed by atoms with van der Waals surface area (Å²) in [5, 5.41) is 5.87. The lowest BCUT2D eigenvalue weighted by Crippen LogP contribution is -2.30. The van der Waals surface area contributed by atoms with E-state index in [1.54, 1.807) is 6.20 Å². The third-order valence-corrected chi connectivity index (χ3v) is 5.86. The maximum absolute atomic E-state index is 13.5. The first kappa shape index (κ1) is 20.0. The second-order valence-corrected chi connectivity index (χ2v) is 7.82. The van der Waals surface area contributed by atoms with E-state index in [0.29, 0.717) is 17.9 Å². The fourth-order valence-corrected chi connectivity index (χ4v) is 4.25. The van der Waals surface area contributed by atoms with Gasteiger partial charge in [0.25, 0.3) is 5.91 Å². The number of hydrogen-bond donors (Lipinski definition) is 1. The van der Waals surface area contributed by atoms with Gasteiger partial charge in [-0.1, -0.05) is 67.6 Å². The van der Waals surface area contributed by atoms with Crippen LogP contribution in [0.1, 0.15) is 43.8 Å². The number of thiazole rings is 1. The molecule has 0 radical (unpaired) electrons. The summed E-state index contributed by atoms with van der Waals surface area (Å²) >= 11 is 1.49. The number of carbonyl (C=O) groups excluding carboxylic acids is 1. The average molecular weight is 419 g/mol. The SMILES string of the molecule is CC[C@H](NC(=O)c1c(-c2nccs2)nc(-c2ccccc2)n1CC)c1ccccc1.[HH]. The Kier molecular flexibility index (Phi) is 6.05. The lowest BCUT2D eigenvalue weighted by Gasteiger charge is -2.18. The summed E-state index contributed by atoms with van der Waals surface area (Å²) in [5.41, 5.74) is 3.26. The molecule has 0 saturated carbocycles. The number of imidazole rings is 1. The molecule has 0 spiro atoms. The molecule has 1 N–H and O–H groups in total. The first-order chi connectivity index (χ1) is 14.7. The van der Waals surface area contributed by atoms with Crippen LogP contribution in [0.5, 0.6) is 0 Å². The van der Waals surface area contributed by atoms with Crippen LogP contribution in [0.15, 0.2) is 72.2 Å². The minimum absolute atomic E-state index is 0. The highest BCUT2D eigenvalue weighted by Gasteiger charge is 2.27. The Morgan fingerprint density at radius 2 is 1.80 bits per heavy atom. The normalized spacial score (nSPS) is 11.9. The van der Waals surface area contributed by atoms with Gasteiger partial charge in [-0.2, -0.15) is 0 Å². The number of hydrogen-bond acceptors (Lipinski definition) is 4. The van der Waals surface area contributed by atoms with Gasteiger partial charge in [-0.3, -0.25) is 4.79 Å². The molecular weight excluding hydrogens is 392 g/mol. The topological polar surface area (TPSA) is 59.8 Å². The summed E-state index contributed by atoms with van der Waals surface area (Å²) < 4.78 is 1.99. The maximum Gasteiger partial charge on any atom is 0.270 e. The molecular formula is C24H26N4OS. The van der Waals surface area contributed by atoms with Gasteiger partial charge in [-0.25, -0.2) is 9.97 Å². The average Bonchev–Trinajstić information content (AvgIpc) is 3.46. The second kappa shape index (κ2) is 9.05. The van der Waals surface area contributed by atoms with E-state index < -0.39 is 0 Å². The van der Waals surface area contributed by atoms with Crippen LogP contribution in [0, 0.1) is 0 Å². The summed E-state index contributed by atoms with van der Waals surface area (Å²) in [4.78, 5) is 22.8. The Balaban J connectivity index is 0.00000272. The van der Waals surface area contributed by atoms with E-state index in [1.165, 1.54) is 11.3 Å². The molecule has 0 aliphatic carbocycles. The van der Waals surface area contributed by atoms with E-state index in [2.05, 4.69) is 17.2 Å². The zero-order valence-corrected chi connectivity index (χ0v) is 17.9. The smallest absolute Gasteiger partial charge is 0.270 e. The number of rotatable bonds is 7. The molecule has 154 valence electrons. The third-order valence-electron chi connectivity index (χ3n) is 5.08. The number of amides is 1. The Morgan fingerprint density at radius 1 is 1.10 bits per heavy atom. The summed E-state index contributed by atoms with van der Waals surface area (Å²) in [6.07, 6.45) is 2.54. The van der Waals surface area contributed by atoms with Gasteiger partial charge in [0.15, 0.2) is 0 Å². The second-order valence-electron chi connectivity index (χ2n) is 6.93. The number of benzene rings is 2. The van der Waals surface area contributed by atoms with E-state index in [4.69, 9.17) is 4.98 Å². The zero-order valence-electron chi connectivity index (χ0n) is 17.1. The van der Waals surface area contributed by atoms with Gasteiger partial charge in [0.2, 0.25) is 0 Å². The van der Waals surface area contributed by atoms with Crippen molar-refractivity contribution in [2.45, 2.75) is 32.9 Å². The summed E-state index contributed by atoms with van der Waals surface area (Å²) in [5.74, 6) is 0.647. The Bertz CT molecular complexity index is 1110. The van der Waals surface area contributed by atoms with E-state index in [-0.39, 0.29) is 13.4 Å². The summed E-state index contributed by atoms with van der Waals surface area (Å²) in [6.45, 7) is 4.74. The summed E-state index contributed by atoms with van der Waals surface area (Å²) in [7, 11) is 0. The number of aromatic nitrogens is 3. The molecule has 2 aromatic carbocycles. The molecule has 2 heterocycles. The van der Waals surface area contributed by atoms with Crippen LogP contribution in [0.2, 0.25) is 0 Å². The molecule has 30 heavy (non-hydrogen) atoms. The molecule has 6 heteroatoms. The van der Waals surface area contributed by atoms with Crippen molar-refractivity contribution in [1.29, 1.82) is 0 Å². The van der Waals surface area contributed by atoms with Crippen molar-refractivity contribution >= 4 is 17.2 Å². The highest BCUT2D eigenvalue weighted by Crippen LogP contribution is 2.31. The molecule has 0 fully saturated rings. The van der Waals surface area contributed by atoms with Gasteiger partial charge >= 0.3 is 0 Å². The lowest BCUT2D eigenvalue weighted by atomic mass is 10.0. The number of nitrogens with zero attached hydrogens (tertiary/aromatic N) is 3. The number of carbonyl (C=O) groups is 1. The van der Waals surface area contributed by atoms with Crippen LogP contribution in [0.3, 0.4) is 0 Å². The van der Waals surface area contributed by atoms with E-state index >= 15 is 0 Å². The van der Waals surface area contributed by atoms with E-state index in [0.717, 1.165) is 28.4 Å². The molecule has 4 rings (SSSR count). The van der Waals surface area contributed by atoms with Crippen LogP contribution in [-0.2, 0) is 6.54 Å². The van der Waals surface area contributed by atoms with E-state index in [1.807, 2.05) is 77.5 Å². The molecule has 0 aliphatic heterocycles. The molecule has 0 aliphatic rings. The minimum Gasteiger partial charge on any atom is -0.344 e. The molecule has 4 aromatic rings. The van der Waals surface area contributed by atoms with Crippen LogP contribution in [0.25, 0.3) is 22.1 Å². The van der Waals surface area contributed by atoms with Crippen molar-refractivity contribution in [3.8, 4) is 22.1 Å². The van der Waals surface area contributed by atoms with Gasteiger partial charge in [0.05, 0.1) is 6.04 Å². The maximum atomic E-state index is 13.5. The van der Waals surface area contributed by atoms with Crippen LogP contribution >= 0.6 is 11.3 Å². The van der Waals surface area contributed by atoms with Gasteiger partial charge in [-0.15, -0.1) is 11.3 Å². The van der Waals surface area contributed by atoms with Crippen molar-refractivity contribution in [3.63, 3.8) is 0 Å². The van der Waals surface area contributed by atoms with E-state index in [9.17, 15) is 4.79 Å². The van der Waals surface area contributed by atoms with Gasteiger partial charge in [-0.05, 0) is 18.9 Å². The third kappa shape index (κ3) is 3.91. The van der Waals surface area contributed by atoms with Crippen molar-refractivity contribution in [3.05, 3.63) is 83.5 Å². The van der Waals surface area contributed by atoms with Crippen molar-refractivity contribution in [1.82, 2.24) is 19.9 Å². The molecule has 0 bridgehead atoms. The fourth-order valence-electron chi connectivity index (χ4n) is 3.62. The first-order valence-electron chi connectivity index (χ1n) is 10.1. The molecule has 0 unspecified atom stereocenters. The standard InChI is InChI=1S/C24H24N4OS.H2/c1-3-19(17-11-7-5-8-12-17)26-23(29)21-20(24-25-15-16-30-24)27-22(28(21)4-2)18-13-9-6-10-14-18;/h5-16,19H,3-4H2,1-2H3,(H,26,29);1H/t19-;/m0./s1. The number of nitrogens with one attached hydrogen (secondary N) is 1. The lowest BCUT2D eigenvalue weighted by molar-refractivity contribution is 0.0927. The molecule has 1 atom stereocenters. The van der Waals surface area contributed by atoms with Crippen LogP contribution < -0.4 is 5.32 Å². The van der Waals surface area contributed by atoms with Crippen LogP contribution in [0.4, 0.5) is 0 Å². The molecule has 1 amide bonds. The quantitative estimate of drug-likeness (QED) is 0.411. The molecule has 5 nitrogen and oxygen atoms in total. The Hall–Kier alpha value is -3.25. The summed E-state index contributed by atoms with van der Waals surface area (Å²) in [6, 6.07) is 20.0. The van der Waals surface area contributed by atoms with Crippen LogP contribution in [-0.4, -0.2) is 20.4 Å². The predicted molar refractivity (Wildman–Crippen MR) is 123 cm³/mol. The minimum atomic E-state index is -0.132. The Labute approximate surface area is 181 Å². The Morgan fingerprint density at radius 3 is 2.40 bits per heavy atom. The van der Waals surface area contributed by atoms with Crippen molar-refractivity contribution in [2.75, 3.05) is 0 Å². The fraction of sp³-hybridized carbons (Fsp3) is 0.208. The van der Waals surface area contributed by atoms with Gasteiger partial charge < -0.3 is 9.88 Å². The van der Waals surface area contributed by atoms with Crippen molar-refractivity contribution in [2.24, 2.45) is 0 Å². The molecule has 0 saturated heterocycles. The zero-order chi connectivity index (χ0) is 20.9. The first-order valence-corrected chi connectivity index (χ1v) is 11.0. The highest BCUT2D eigenvalue weighted by molar-refractivity contribution is 7.13.